The number of carbonyl (C=O) groups excluding carboxylic acids is 2. The maximum atomic E-state index is 11.6. The van der Waals surface area contributed by atoms with Crippen LogP contribution in [0, 0.1) is 5.92 Å². The molecule has 0 aliphatic carbocycles. The molecular formula is C16H20N2O2. The first-order valence-corrected chi connectivity index (χ1v) is 6.92. The van der Waals surface area contributed by atoms with Crippen LogP contribution in [0.15, 0.2) is 30.5 Å². The van der Waals surface area contributed by atoms with Crippen molar-refractivity contribution < 1.29 is 9.59 Å². The minimum Gasteiger partial charge on any atom is -0.361 e. The Balaban J connectivity index is 1.84. The molecule has 106 valence electrons. The van der Waals surface area contributed by atoms with Gasteiger partial charge < -0.3 is 10.3 Å². The number of benzene rings is 1. The highest BCUT2D eigenvalue weighted by molar-refractivity contribution is 5.98. The number of H-pyrrole nitrogens is 1. The molecule has 4 nitrogen and oxygen atoms in total. The van der Waals surface area contributed by atoms with Gasteiger partial charge in [-0.1, -0.05) is 32.0 Å². The maximum Gasteiger partial charge on any atom is 0.227 e. The highest BCUT2D eigenvalue weighted by Gasteiger charge is 2.12. The molecule has 20 heavy (non-hydrogen) atoms. The van der Waals surface area contributed by atoms with E-state index in [1.165, 1.54) is 10.9 Å². The zero-order valence-electron chi connectivity index (χ0n) is 11.9. The summed E-state index contributed by atoms with van der Waals surface area (Å²) in [7, 11) is 0. The predicted molar refractivity (Wildman–Crippen MR) is 79.5 cm³/mol. The summed E-state index contributed by atoms with van der Waals surface area (Å²) in [6.45, 7) is 4.16. The summed E-state index contributed by atoms with van der Waals surface area (Å²) in [6.07, 6.45) is 2.70. The van der Waals surface area contributed by atoms with Gasteiger partial charge in [-0.25, -0.2) is 0 Å². The van der Waals surface area contributed by atoms with E-state index in [0.29, 0.717) is 6.54 Å². The molecule has 1 amide bonds. The van der Waals surface area contributed by atoms with Crippen molar-refractivity contribution in [3.05, 3.63) is 36.0 Å². The second-order valence-electron chi connectivity index (χ2n) is 5.26. The fraction of sp³-hybridized carbons (Fsp3) is 0.375. The minimum absolute atomic E-state index is 0.0189. The van der Waals surface area contributed by atoms with E-state index in [-0.39, 0.29) is 24.0 Å². The minimum atomic E-state index is -0.191. The Labute approximate surface area is 118 Å². The molecular weight excluding hydrogens is 252 g/mol. The van der Waals surface area contributed by atoms with E-state index in [2.05, 4.69) is 16.4 Å². The molecule has 1 heterocycles. The Kier molecular flexibility index (Phi) is 4.56. The number of carbonyl (C=O) groups is 2. The zero-order valence-corrected chi connectivity index (χ0v) is 11.9. The van der Waals surface area contributed by atoms with Crippen LogP contribution in [0.3, 0.4) is 0 Å². The van der Waals surface area contributed by atoms with E-state index in [4.69, 9.17) is 0 Å². The average Bonchev–Trinajstić information content (AvgIpc) is 2.82. The molecule has 0 saturated heterocycles. The van der Waals surface area contributed by atoms with E-state index >= 15 is 0 Å². The second-order valence-corrected chi connectivity index (χ2v) is 5.26. The third kappa shape index (κ3) is 3.47. The van der Waals surface area contributed by atoms with E-state index in [1.807, 2.05) is 38.2 Å². The summed E-state index contributed by atoms with van der Waals surface area (Å²) in [5, 5.41) is 3.98. The van der Waals surface area contributed by atoms with Gasteiger partial charge in [0.05, 0.1) is 6.42 Å². The number of hydrogen-bond acceptors (Lipinski definition) is 2. The molecule has 0 spiro atoms. The normalized spacial score (nSPS) is 10.9. The smallest absolute Gasteiger partial charge is 0.227 e. The third-order valence-electron chi connectivity index (χ3n) is 3.37. The molecule has 1 aromatic carbocycles. The van der Waals surface area contributed by atoms with Crippen molar-refractivity contribution in [2.24, 2.45) is 5.92 Å². The molecule has 2 aromatic rings. The first-order chi connectivity index (χ1) is 9.58. The first kappa shape index (κ1) is 14.3. The van der Waals surface area contributed by atoms with Gasteiger partial charge in [0.15, 0.2) is 0 Å². The first-order valence-electron chi connectivity index (χ1n) is 6.92. The molecule has 0 saturated carbocycles. The summed E-state index contributed by atoms with van der Waals surface area (Å²) in [4.78, 5) is 26.3. The van der Waals surface area contributed by atoms with E-state index in [0.717, 1.165) is 11.9 Å². The Morgan fingerprint density at radius 2 is 2.00 bits per heavy atom. The maximum absolute atomic E-state index is 11.6. The highest BCUT2D eigenvalue weighted by Crippen LogP contribution is 2.17. The molecule has 0 atom stereocenters. The lowest BCUT2D eigenvalue weighted by Crippen LogP contribution is -2.28. The van der Waals surface area contributed by atoms with Gasteiger partial charge in [-0.3, -0.25) is 9.59 Å². The molecule has 4 heteroatoms. The lowest BCUT2D eigenvalue weighted by atomic mass is 10.1. The van der Waals surface area contributed by atoms with Crippen LogP contribution in [0.5, 0.6) is 0 Å². The molecule has 0 aliphatic heterocycles. The van der Waals surface area contributed by atoms with Crippen LogP contribution in [-0.2, 0) is 16.0 Å². The van der Waals surface area contributed by atoms with Crippen LogP contribution >= 0.6 is 0 Å². The molecule has 1 aromatic heterocycles. The van der Waals surface area contributed by atoms with Crippen molar-refractivity contribution in [2.45, 2.75) is 26.7 Å². The van der Waals surface area contributed by atoms with Gasteiger partial charge in [0, 0.05) is 29.6 Å². The number of nitrogens with one attached hydrogen (secondary N) is 2. The Morgan fingerprint density at radius 3 is 2.75 bits per heavy atom. The third-order valence-corrected chi connectivity index (χ3v) is 3.37. The van der Waals surface area contributed by atoms with Crippen LogP contribution in [-0.4, -0.2) is 23.2 Å². The number of aromatic amines is 1. The van der Waals surface area contributed by atoms with E-state index < -0.39 is 0 Å². The zero-order chi connectivity index (χ0) is 14.5. The largest absolute Gasteiger partial charge is 0.361 e. The van der Waals surface area contributed by atoms with Gasteiger partial charge in [0.2, 0.25) is 5.91 Å². The van der Waals surface area contributed by atoms with Gasteiger partial charge in [-0.15, -0.1) is 0 Å². The summed E-state index contributed by atoms with van der Waals surface area (Å²) in [5.74, 6) is -0.299. The van der Waals surface area contributed by atoms with Crippen molar-refractivity contribution in [3.8, 4) is 0 Å². The summed E-state index contributed by atoms with van der Waals surface area (Å²) in [6, 6.07) is 8.07. The van der Waals surface area contributed by atoms with Crippen LogP contribution in [0.4, 0.5) is 0 Å². The fourth-order valence-electron chi connectivity index (χ4n) is 2.10. The lowest BCUT2D eigenvalue weighted by Gasteiger charge is -2.06. The van der Waals surface area contributed by atoms with Crippen molar-refractivity contribution in [1.29, 1.82) is 0 Å². The van der Waals surface area contributed by atoms with Gasteiger partial charge in [-0.2, -0.15) is 0 Å². The Hall–Kier alpha value is -2.10. The summed E-state index contributed by atoms with van der Waals surface area (Å²) in [5.41, 5.74) is 2.28. The van der Waals surface area contributed by atoms with Crippen LogP contribution < -0.4 is 5.32 Å². The van der Waals surface area contributed by atoms with E-state index in [9.17, 15) is 9.59 Å². The number of fused-ring (bicyclic) bond motifs is 1. The highest BCUT2D eigenvalue weighted by atomic mass is 16.2. The number of hydrogen-bond donors (Lipinski definition) is 2. The van der Waals surface area contributed by atoms with Gasteiger partial charge >= 0.3 is 0 Å². The molecule has 0 fully saturated rings. The number of para-hydroxylation sites is 1. The monoisotopic (exact) mass is 272 g/mol. The quantitative estimate of drug-likeness (QED) is 0.793. The molecule has 0 radical (unpaired) electrons. The fourth-order valence-corrected chi connectivity index (χ4v) is 2.10. The molecule has 0 bridgehead atoms. The number of rotatable bonds is 6. The van der Waals surface area contributed by atoms with Crippen molar-refractivity contribution in [2.75, 3.05) is 6.54 Å². The topological polar surface area (TPSA) is 62.0 Å². The number of aromatic nitrogens is 1. The van der Waals surface area contributed by atoms with Crippen LogP contribution in [0.2, 0.25) is 0 Å². The molecule has 2 rings (SSSR count). The molecule has 0 aliphatic rings. The average molecular weight is 272 g/mol. The van der Waals surface area contributed by atoms with Crippen LogP contribution in [0.25, 0.3) is 10.9 Å². The van der Waals surface area contributed by atoms with Crippen molar-refractivity contribution in [3.63, 3.8) is 0 Å². The second kappa shape index (κ2) is 6.37. The summed E-state index contributed by atoms with van der Waals surface area (Å²) >= 11 is 0. The van der Waals surface area contributed by atoms with Gasteiger partial charge in [-0.05, 0) is 18.1 Å². The molecule has 2 N–H and O–H groups in total. The number of ketones is 1. The Morgan fingerprint density at radius 1 is 1.25 bits per heavy atom. The number of Topliss-reactive ketones (excluding diaryl/α,β-unsaturated/α-hetero) is 1. The lowest BCUT2D eigenvalue weighted by molar-refractivity contribution is -0.129. The standard InChI is InChI=1S/C16H20N2O2/c1-11(2)15(19)9-16(20)17-8-7-12-10-18-14-6-4-3-5-13(12)14/h3-6,10-11,18H,7-9H2,1-2H3,(H,17,20). The SMILES string of the molecule is CC(C)C(=O)CC(=O)NCCc1c[nH]c2ccccc12. The molecule has 0 unspecified atom stereocenters. The summed E-state index contributed by atoms with van der Waals surface area (Å²) < 4.78 is 0. The van der Waals surface area contributed by atoms with Gasteiger partial charge in [0.1, 0.15) is 5.78 Å². The number of amides is 1. The Bertz CT molecular complexity index is 614. The van der Waals surface area contributed by atoms with Crippen LogP contribution in [0.1, 0.15) is 25.8 Å². The van der Waals surface area contributed by atoms with Gasteiger partial charge in [0.25, 0.3) is 0 Å². The van der Waals surface area contributed by atoms with Crippen molar-refractivity contribution in [1.82, 2.24) is 10.3 Å². The van der Waals surface area contributed by atoms with E-state index in [1.54, 1.807) is 0 Å². The van der Waals surface area contributed by atoms with Crippen molar-refractivity contribution >= 4 is 22.6 Å². The predicted octanol–water partition coefficient (Wildman–Crippen LogP) is 2.44.